The summed E-state index contributed by atoms with van der Waals surface area (Å²) in [6.45, 7) is 0.135. The van der Waals surface area contributed by atoms with Crippen LogP contribution in [0.15, 0.2) is 66.7 Å². The highest BCUT2D eigenvalue weighted by molar-refractivity contribution is 6.07. The molecule has 0 amide bonds. The van der Waals surface area contributed by atoms with Gasteiger partial charge in [0.25, 0.3) is 5.69 Å². The maximum absolute atomic E-state index is 12.6. The van der Waals surface area contributed by atoms with Crippen molar-refractivity contribution in [3.05, 3.63) is 93.5 Å². The molecule has 0 atom stereocenters. The van der Waals surface area contributed by atoms with Crippen LogP contribution in [0.1, 0.15) is 21.5 Å². The first-order valence-electron chi connectivity index (χ1n) is 9.93. The fraction of sp³-hybridized carbons (Fsp3) is 0.160. The van der Waals surface area contributed by atoms with Gasteiger partial charge in [0.1, 0.15) is 18.1 Å². The molecular formula is C25H23NO7. The van der Waals surface area contributed by atoms with E-state index in [1.807, 2.05) is 12.1 Å². The van der Waals surface area contributed by atoms with Gasteiger partial charge in [-0.15, -0.1) is 0 Å². The summed E-state index contributed by atoms with van der Waals surface area (Å²) >= 11 is 0. The SMILES string of the molecule is COc1ccc(/C=C/C(=O)c2ccc(OC)c(OC)c2)cc1COc1cccc([N+](=O)[O-])c1. The van der Waals surface area contributed by atoms with Crippen molar-refractivity contribution in [2.45, 2.75) is 6.61 Å². The second kappa shape index (κ2) is 10.8. The summed E-state index contributed by atoms with van der Waals surface area (Å²) in [5, 5.41) is 11.0. The van der Waals surface area contributed by atoms with Gasteiger partial charge in [-0.05, 0) is 48.0 Å². The van der Waals surface area contributed by atoms with Crippen molar-refractivity contribution >= 4 is 17.5 Å². The second-order valence-corrected chi connectivity index (χ2v) is 6.88. The van der Waals surface area contributed by atoms with Gasteiger partial charge in [-0.1, -0.05) is 18.2 Å². The maximum atomic E-state index is 12.6. The summed E-state index contributed by atoms with van der Waals surface area (Å²) < 4.78 is 21.6. The summed E-state index contributed by atoms with van der Waals surface area (Å²) in [5.74, 6) is 1.80. The molecule has 0 aliphatic rings. The third-order valence-corrected chi connectivity index (χ3v) is 4.82. The molecule has 8 nitrogen and oxygen atoms in total. The van der Waals surface area contributed by atoms with Crippen molar-refractivity contribution < 1.29 is 28.7 Å². The molecular weight excluding hydrogens is 426 g/mol. The van der Waals surface area contributed by atoms with E-state index in [0.29, 0.717) is 28.6 Å². The Morgan fingerprint density at radius 2 is 1.64 bits per heavy atom. The van der Waals surface area contributed by atoms with Crippen molar-refractivity contribution in [1.82, 2.24) is 0 Å². The standard InChI is InChI=1S/C25H23NO7/c1-30-23-11-8-17(7-10-22(27)18-9-12-24(31-2)25(14-18)32-3)13-19(23)16-33-21-6-4-5-20(15-21)26(28)29/h4-15H,16H2,1-3H3/b10-7+. The summed E-state index contributed by atoms with van der Waals surface area (Å²) in [5.41, 5.74) is 1.91. The number of allylic oxidation sites excluding steroid dienone is 1. The molecule has 0 N–H and O–H groups in total. The van der Waals surface area contributed by atoms with Crippen LogP contribution in [-0.2, 0) is 6.61 Å². The lowest BCUT2D eigenvalue weighted by molar-refractivity contribution is -0.384. The molecule has 3 aromatic carbocycles. The smallest absolute Gasteiger partial charge is 0.273 e. The van der Waals surface area contributed by atoms with E-state index in [1.165, 1.54) is 32.4 Å². The first kappa shape index (κ1) is 23.3. The van der Waals surface area contributed by atoms with Crippen LogP contribution in [0.4, 0.5) is 5.69 Å². The predicted octanol–water partition coefficient (Wildman–Crippen LogP) is 5.10. The van der Waals surface area contributed by atoms with Gasteiger partial charge in [-0.3, -0.25) is 14.9 Å². The van der Waals surface area contributed by atoms with Gasteiger partial charge in [0.2, 0.25) is 0 Å². The molecule has 3 rings (SSSR count). The van der Waals surface area contributed by atoms with Crippen molar-refractivity contribution in [3.8, 4) is 23.0 Å². The Morgan fingerprint density at radius 3 is 2.33 bits per heavy atom. The zero-order valence-electron chi connectivity index (χ0n) is 18.4. The number of nitrogens with zero attached hydrogens (tertiary/aromatic N) is 1. The monoisotopic (exact) mass is 449 g/mol. The molecule has 0 fully saturated rings. The Balaban J connectivity index is 1.76. The highest BCUT2D eigenvalue weighted by atomic mass is 16.6. The Morgan fingerprint density at radius 1 is 0.909 bits per heavy atom. The minimum absolute atomic E-state index is 0.0511. The van der Waals surface area contributed by atoms with Crippen LogP contribution < -0.4 is 18.9 Å². The van der Waals surface area contributed by atoms with Gasteiger partial charge in [0.15, 0.2) is 17.3 Å². The van der Waals surface area contributed by atoms with Gasteiger partial charge in [0, 0.05) is 17.2 Å². The van der Waals surface area contributed by atoms with E-state index in [4.69, 9.17) is 18.9 Å². The number of hydrogen-bond donors (Lipinski definition) is 0. The number of carbonyl (C=O) groups excluding carboxylic acids is 1. The minimum atomic E-state index is -0.478. The molecule has 0 saturated heterocycles. The summed E-state index contributed by atoms with van der Waals surface area (Å²) in [6.07, 6.45) is 3.16. The Kier molecular flexibility index (Phi) is 7.64. The lowest BCUT2D eigenvalue weighted by Crippen LogP contribution is -2.00. The third-order valence-electron chi connectivity index (χ3n) is 4.82. The van der Waals surface area contributed by atoms with E-state index in [1.54, 1.807) is 49.6 Å². The normalized spacial score (nSPS) is 10.6. The largest absolute Gasteiger partial charge is 0.496 e. The first-order chi connectivity index (χ1) is 15.9. The van der Waals surface area contributed by atoms with E-state index in [0.717, 1.165) is 11.1 Å². The fourth-order valence-corrected chi connectivity index (χ4v) is 3.12. The van der Waals surface area contributed by atoms with Gasteiger partial charge in [-0.2, -0.15) is 0 Å². The third kappa shape index (κ3) is 5.88. The number of non-ortho nitro benzene ring substituents is 1. The number of hydrogen-bond acceptors (Lipinski definition) is 7. The molecule has 3 aromatic rings. The zero-order chi connectivity index (χ0) is 23.8. The summed E-state index contributed by atoms with van der Waals surface area (Å²) in [6, 6.07) is 16.3. The lowest BCUT2D eigenvalue weighted by atomic mass is 10.1. The number of ether oxygens (including phenoxy) is 4. The van der Waals surface area contributed by atoms with Crippen LogP contribution in [0.3, 0.4) is 0 Å². The van der Waals surface area contributed by atoms with Crippen LogP contribution >= 0.6 is 0 Å². The Bertz CT molecular complexity index is 1190. The molecule has 0 unspecified atom stereocenters. The molecule has 0 saturated carbocycles. The zero-order valence-corrected chi connectivity index (χ0v) is 18.4. The number of nitro benzene ring substituents is 1. The Labute approximate surface area is 191 Å². The van der Waals surface area contributed by atoms with E-state index in [2.05, 4.69) is 0 Å². The van der Waals surface area contributed by atoms with Gasteiger partial charge >= 0.3 is 0 Å². The van der Waals surface area contributed by atoms with E-state index < -0.39 is 4.92 Å². The van der Waals surface area contributed by atoms with Crippen LogP contribution in [0.25, 0.3) is 6.08 Å². The molecule has 0 aliphatic heterocycles. The summed E-state index contributed by atoms with van der Waals surface area (Å²) in [7, 11) is 4.59. The van der Waals surface area contributed by atoms with E-state index >= 15 is 0 Å². The van der Waals surface area contributed by atoms with Crippen molar-refractivity contribution in [3.63, 3.8) is 0 Å². The quantitative estimate of drug-likeness (QED) is 0.184. The number of nitro groups is 1. The molecule has 0 bridgehead atoms. The van der Waals surface area contributed by atoms with Gasteiger partial charge in [0.05, 0.1) is 32.3 Å². The number of carbonyl (C=O) groups is 1. The van der Waals surface area contributed by atoms with E-state index in [-0.39, 0.29) is 18.1 Å². The van der Waals surface area contributed by atoms with Crippen LogP contribution in [0.2, 0.25) is 0 Å². The average molecular weight is 449 g/mol. The van der Waals surface area contributed by atoms with Crippen molar-refractivity contribution in [2.24, 2.45) is 0 Å². The number of rotatable bonds is 10. The maximum Gasteiger partial charge on any atom is 0.273 e. The van der Waals surface area contributed by atoms with Crippen LogP contribution in [0, 0.1) is 10.1 Å². The number of benzene rings is 3. The highest BCUT2D eigenvalue weighted by Gasteiger charge is 2.10. The molecule has 0 heterocycles. The highest BCUT2D eigenvalue weighted by Crippen LogP contribution is 2.28. The van der Waals surface area contributed by atoms with Crippen molar-refractivity contribution in [1.29, 1.82) is 0 Å². The predicted molar refractivity (Wildman–Crippen MR) is 123 cm³/mol. The molecule has 170 valence electrons. The molecule has 0 radical (unpaired) electrons. The number of methoxy groups -OCH3 is 3. The lowest BCUT2D eigenvalue weighted by Gasteiger charge is -2.11. The van der Waals surface area contributed by atoms with Crippen LogP contribution in [0.5, 0.6) is 23.0 Å². The minimum Gasteiger partial charge on any atom is -0.496 e. The number of ketones is 1. The van der Waals surface area contributed by atoms with Crippen LogP contribution in [-0.4, -0.2) is 32.0 Å². The first-order valence-corrected chi connectivity index (χ1v) is 9.93. The van der Waals surface area contributed by atoms with E-state index in [9.17, 15) is 14.9 Å². The fourth-order valence-electron chi connectivity index (χ4n) is 3.12. The summed E-state index contributed by atoms with van der Waals surface area (Å²) in [4.78, 5) is 23.1. The van der Waals surface area contributed by atoms with Gasteiger partial charge in [-0.25, -0.2) is 0 Å². The van der Waals surface area contributed by atoms with Gasteiger partial charge < -0.3 is 18.9 Å². The average Bonchev–Trinajstić information content (AvgIpc) is 2.85. The topological polar surface area (TPSA) is 97.1 Å². The Hall–Kier alpha value is -4.33. The molecule has 33 heavy (non-hydrogen) atoms. The molecule has 0 aliphatic carbocycles. The van der Waals surface area contributed by atoms with Crippen molar-refractivity contribution in [2.75, 3.05) is 21.3 Å². The second-order valence-electron chi connectivity index (χ2n) is 6.88. The molecule has 0 aromatic heterocycles. The molecule has 0 spiro atoms. The molecule has 8 heteroatoms.